The first-order chi connectivity index (χ1) is 11.2. The van der Waals surface area contributed by atoms with E-state index in [1.807, 2.05) is 24.3 Å². The molecule has 4 rings (SSSR count). The number of aromatic nitrogens is 3. The second-order valence-corrected chi connectivity index (χ2v) is 5.81. The lowest BCUT2D eigenvalue weighted by Gasteiger charge is -1.99. The Morgan fingerprint density at radius 1 is 1.30 bits per heavy atom. The molecule has 4 aromatic rings. The number of fused-ring (bicyclic) bond motifs is 1. The summed E-state index contributed by atoms with van der Waals surface area (Å²) in [4.78, 5) is 17.3. The lowest BCUT2D eigenvalue weighted by atomic mass is 10.2. The Kier molecular flexibility index (Phi) is 3.20. The molecule has 0 unspecified atom stereocenters. The maximum Gasteiger partial charge on any atom is 0.291 e. The summed E-state index contributed by atoms with van der Waals surface area (Å²) in [6, 6.07) is 11.0. The van der Waals surface area contributed by atoms with Gasteiger partial charge in [0.15, 0.2) is 5.76 Å². The van der Waals surface area contributed by atoms with Crippen molar-refractivity contribution in [2.24, 2.45) is 0 Å². The van der Waals surface area contributed by atoms with Crippen LogP contribution in [0.2, 0.25) is 0 Å². The molecule has 0 amide bonds. The fourth-order valence-electron chi connectivity index (χ4n) is 2.23. The fourth-order valence-corrected chi connectivity index (χ4v) is 3.13. The highest BCUT2D eigenvalue weighted by Crippen LogP contribution is 2.17. The van der Waals surface area contributed by atoms with Gasteiger partial charge in [0.2, 0.25) is 10.8 Å². The summed E-state index contributed by atoms with van der Waals surface area (Å²) >= 11 is 1.29. The molecule has 0 fully saturated rings. The average Bonchev–Trinajstić information content (AvgIpc) is 3.27. The van der Waals surface area contributed by atoms with E-state index in [1.54, 1.807) is 31.6 Å². The number of hydrogen-bond acceptors (Lipinski definition) is 6. The number of nitrogens with zero attached hydrogens (tertiary/aromatic N) is 3. The Hall–Kier alpha value is -2.93. The van der Waals surface area contributed by atoms with Crippen molar-refractivity contribution in [3.05, 3.63) is 63.1 Å². The molecule has 1 aromatic carbocycles. The number of benzene rings is 1. The topological polar surface area (TPSA) is 69.6 Å². The van der Waals surface area contributed by atoms with Gasteiger partial charge in [-0.2, -0.15) is 9.50 Å². The molecule has 6 nitrogen and oxygen atoms in total. The number of rotatable bonds is 3. The van der Waals surface area contributed by atoms with Gasteiger partial charge in [0.25, 0.3) is 5.56 Å². The number of ether oxygens (including phenoxy) is 1. The zero-order valence-electron chi connectivity index (χ0n) is 12.1. The number of methoxy groups -OCH3 is 1. The lowest BCUT2D eigenvalue weighted by molar-refractivity contribution is 0.414. The van der Waals surface area contributed by atoms with Crippen molar-refractivity contribution in [2.75, 3.05) is 7.11 Å². The van der Waals surface area contributed by atoms with Crippen LogP contribution in [-0.4, -0.2) is 21.7 Å². The van der Waals surface area contributed by atoms with Crippen molar-refractivity contribution in [3.63, 3.8) is 0 Å². The van der Waals surface area contributed by atoms with Gasteiger partial charge in [-0.25, -0.2) is 0 Å². The van der Waals surface area contributed by atoms with Gasteiger partial charge in [-0.05, 0) is 35.9 Å². The van der Waals surface area contributed by atoms with Crippen molar-refractivity contribution < 1.29 is 9.15 Å². The third kappa shape index (κ3) is 2.40. The molecule has 0 spiro atoms. The summed E-state index contributed by atoms with van der Waals surface area (Å²) in [5.74, 6) is 1.69. The van der Waals surface area contributed by atoms with E-state index in [4.69, 9.17) is 9.15 Å². The molecular formula is C16H11N3O3S. The summed E-state index contributed by atoms with van der Waals surface area (Å²) in [7, 11) is 1.61. The number of hydrogen-bond donors (Lipinski definition) is 0. The van der Waals surface area contributed by atoms with Crippen LogP contribution in [-0.2, 0) is 0 Å². The summed E-state index contributed by atoms with van der Waals surface area (Å²) in [5, 5.41) is 4.22. The minimum Gasteiger partial charge on any atom is -0.497 e. The van der Waals surface area contributed by atoms with Gasteiger partial charge in [-0.15, -0.1) is 5.10 Å². The smallest absolute Gasteiger partial charge is 0.291 e. The Morgan fingerprint density at radius 3 is 2.96 bits per heavy atom. The van der Waals surface area contributed by atoms with Crippen LogP contribution >= 0.6 is 11.3 Å². The molecule has 3 aromatic heterocycles. The van der Waals surface area contributed by atoms with Crippen LogP contribution in [0.1, 0.15) is 5.56 Å². The highest BCUT2D eigenvalue weighted by molar-refractivity contribution is 7.15. The monoisotopic (exact) mass is 325 g/mol. The molecular weight excluding hydrogens is 314 g/mol. The Labute approximate surface area is 134 Å². The third-order valence-corrected chi connectivity index (χ3v) is 4.27. The second-order valence-electron chi connectivity index (χ2n) is 4.80. The molecule has 0 aliphatic rings. The molecule has 0 radical (unpaired) electrons. The minimum absolute atomic E-state index is 0.196. The van der Waals surface area contributed by atoms with Crippen LogP contribution in [0.15, 0.2) is 51.9 Å². The zero-order chi connectivity index (χ0) is 15.8. The molecule has 0 atom stereocenters. The fraction of sp³-hybridized carbons (Fsp3) is 0.0625. The van der Waals surface area contributed by atoms with E-state index in [0.717, 1.165) is 11.3 Å². The minimum atomic E-state index is -0.196. The summed E-state index contributed by atoms with van der Waals surface area (Å²) in [6.07, 6.45) is 3.35. The van der Waals surface area contributed by atoms with Crippen LogP contribution in [0.5, 0.6) is 5.75 Å². The summed E-state index contributed by atoms with van der Waals surface area (Å²) in [6.45, 7) is 0. The van der Waals surface area contributed by atoms with Crippen LogP contribution < -0.4 is 14.8 Å². The average molecular weight is 325 g/mol. The van der Waals surface area contributed by atoms with E-state index < -0.39 is 0 Å². The maximum absolute atomic E-state index is 12.4. The number of thiazole rings is 1. The van der Waals surface area contributed by atoms with Gasteiger partial charge in [-0.1, -0.05) is 23.5 Å². The summed E-state index contributed by atoms with van der Waals surface area (Å²) in [5.41, 5.74) is 0.690. The molecule has 0 N–H and O–H groups in total. The molecule has 3 heterocycles. The molecule has 0 saturated heterocycles. The third-order valence-electron chi connectivity index (χ3n) is 3.31. The Balaban J connectivity index is 1.82. The van der Waals surface area contributed by atoms with E-state index in [2.05, 4.69) is 10.1 Å². The molecule has 0 aliphatic carbocycles. The van der Waals surface area contributed by atoms with Gasteiger partial charge in [0.1, 0.15) is 5.75 Å². The van der Waals surface area contributed by atoms with Crippen molar-refractivity contribution in [3.8, 4) is 17.3 Å². The quantitative estimate of drug-likeness (QED) is 0.576. The molecule has 7 heteroatoms. The Morgan fingerprint density at radius 2 is 2.22 bits per heavy atom. The van der Waals surface area contributed by atoms with Crippen LogP contribution in [0.3, 0.4) is 0 Å². The lowest BCUT2D eigenvalue weighted by Crippen LogP contribution is -2.23. The van der Waals surface area contributed by atoms with E-state index in [1.165, 1.54) is 15.9 Å². The molecule has 23 heavy (non-hydrogen) atoms. The van der Waals surface area contributed by atoms with Crippen LogP contribution in [0.4, 0.5) is 0 Å². The van der Waals surface area contributed by atoms with Gasteiger partial charge >= 0.3 is 0 Å². The highest BCUT2D eigenvalue weighted by Gasteiger charge is 2.13. The first-order valence-electron chi connectivity index (χ1n) is 6.84. The second kappa shape index (κ2) is 5.36. The predicted molar refractivity (Wildman–Crippen MR) is 86.6 cm³/mol. The largest absolute Gasteiger partial charge is 0.497 e. The SMILES string of the molecule is COc1cccc(/C=c2\sc3nc(-c4ccco4)nn3c2=O)c1. The van der Waals surface area contributed by atoms with E-state index in [-0.39, 0.29) is 5.56 Å². The Bertz CT molecular complexity index is 1080. The van der Waals surface area contributed by atoms with Crippen molar-refractivity contribution >= 4 is 22.4 Å². The van der Waals surface area contributed by atoms with E-state index >= 15 is 0 Å². The standard InChI is InChI=1S/C16H11N3O3S/c1-21-11-5-2-4-10(8-11)9-13-15(20)19-16(23-13)17-14(18-19)12-6-3-7-22-12/h2-9H,1H3/b13-9-. The van der Waals surface area contributed by atoms with E-state index in [0.29, 0.717) is 21.1 Å². The van der Waals surface area contributed by atoms with Crippen molar-refractivity contribution in [1.29, 1.82) is 0 Å². The first kappa shape index (κ1) is 13.7. The highest BCUT2D eigenvalue weighted by atomic mass is 32.1. The predicted octanol–water partition coefficient (Wildman–Crippen LogP) is 1.97. The molecule has 0 bridgehead atoms. The molecule has 114 valence electrons. The van der Waals surface area contributed by atoms with E-state index in [9.17, 15) is 4.79 Å². The normalized spacial score (nSPS) is 12.1. The molecule has 0 saturated carbocycles. The molecule has 0 aliphatic heterocycles. The maximum atomic E-state index is 12.4. The number of furan rings is 1. The first-order valence-corrected chi connectivity index (χ1v) is 7.65. The van der Waals surface area contributed by atoms with Crippen molar-refractivity contribution in [2.45, 2.75) is 0 Å². The van der Waals surface area contributed by atoms with Gasteiger partial charge in [0.05, 0.1) is 17.9 Å². The van der Waals surface area contributed by atoms with Gasteiger partial charge in [0, 0.05) is 0 Å². The van der Waals surface area contributed by atoms with Crippen LogP contribution in [0.25, 0.3) is 22.6 Å². The van der Waals surface area contributed by atoms with Crippen LogP contribution in [0, 0.1) is 0 Å². The zero-order valence-corrected chi connectivity index (χ0v) is 12.9. The summed E-state index contributed by atoms with van der Waals surface area (Å²) < 4.78 is 12.3. The van der Waals surface area contributed by atoms with Gasteiger partial charge in [-0.3, -0.25) is 4.79 Å². The van der Waals surface area contributed by atoms with Gasteiger partial charge < -0.3 is 9.15 Å². The van der Waals surface area contributed by atoms with Crippen molar-refractivity contribution in [1.82, 2.24) is 14.6 Å².